The minimum atomic E-state index is -0.961. The highest BCUT2D eigenvalue weighted by Gasteiger charge is 2.25. The summed E-state index contributed by atoms with van der Waals surface area (Å²) in [5.74, 6) is 2.35. The van der Waals surface area contributed by atoms with Gasteiger partial charge in [0.1, 0.15) is 0 Å². The van der Waals surface area contributed by atoms with Gasteiger partial charge in [-0.15, -0.1) is 0 Å². The van der Waals surface area contributed by atoms with Gasteiger partial charge >= 0.3 is 14.5 Å². The van der Waals surface area contributed by atoms with Crippen molar-refractivity contribution in [1.29, 1.82) is 0 Å². The third-order valence-corrected chi connectivity index (χ3v) is 6.98. The number of rotatable bonds is 7. The molecule has 2 nitrogen and oxygen atoms in total. The molecule has 0 radical (unpaired) electrons. The van der Waals surface area contributed by atoms with Crippen molar-refractivity contribution in [2.75, 3.05) is 19.8 Å². The Morgan fingerprint density at radius 1 is 1.06 bits per heavy atom. The summed E-state index contributed by atoms with van der Waals surface area (Å²) in [6.07, 6.45) is 2.40. The highest BCUT2D eigenvalue weighted by Crippen LogP contribution is 2.19. The smallest absolute Gasteiger partial charge is 0.461 e. The molecule has 1 rings (SSSR count). The van der Waals surface area contributed by atoms with Gasteiger partial charge in [-0.1, -0.05) is 50.1 Å². The molecule has 0 saturated carbocycles. The van der Waals surface area contributed by atoms with Crippen molar-refractivity contribution in [3.63, 3.8) is 0 Å². The summed E-state index contributed by atoms with van der Waals surface area (Å²) in [5, 5.41) is 2.67. The van der Waals surface area contributed by atoms with Gasteiger partial charge in [0.25, 0.3) is 0 Å². The van der Waals surface area contributed by atoms with Gasteiger partial charge < -0.3 is 8.53 Å². The molecule has 0 amide bonds. The molecule has 100 valence electrons. The van der Waals surface area contributed by atoms with Crippen molar-refractivity contribution in [2.45, 2.75) is 51.1 Å². The van der Waals surface area contributed by atoms with E-state index in [-0.39, 0.29) is 0 Å². The lowest BCUT2D eigenvalue weighted by Crippen LogP contribution is -2.28. The maximum absolute atomic E-state index is 6.29. The summed E-state index contributed by atoms with van der Waals surface area (Å²) in [5.41, 5.74) is 0. The van der Waals surface area contributed by atoms with Crippen LogP contribution in [0.25, 0.3) is 0 Å². The first-order valence-electron chi connectivity index (χ1n) is 7.27. The Labute approximate surface area is 112 Å². The van der Waals surface area contributed by atoms with Crippen LogP contribution in [0.2, 0.25) is 10.6 Å². The Kier molecular flexibility index (Phi) is 7.79. The van der Waals surface area contributed by atoms with E-state index >= 15 is 0 Å². The van der Waals surface area contributed by atoms with Crippen molar-refractivity contribution >= 4 is 14.5 Å². The molecule has 1 fully saturated rings. The first-order chi connectivity index (χ1) is 8.08. The summed E-state index contributed by atoms with van der Waals surface area (Å²) in [4.78, 5) is 0. The van der Waals surface area contributed by atoms with E-state index < -0.39 is 14.5 Å². The first-order valence-corrected chi connectivity index (χ1v) is 9.37. The van der Waals surface area contributed by atoms with E-state index in [9.17, 15) is 0 Å². The number of ether oxygens (including phenoxy) is 1. The third kappa shape index (κ3) is 7.47. The van der Waals surface area contributed by atoms with Crippen LogP contribution in [0.5, 0.6) is 0 Å². The molecular formula is C14H29AlO2. The quantitative estimate of drug-likeness (QED) is 0.646. The van der Waals surface area contributed by atoms with E-state index in [1.54, 1.807) is 0 Å². The van der Waals surface area contributed by atoms with Crippen LogP contribution in [0.1, 0.15) is 40.5 Å². The Hall–Kier alpha value is 0.452. The largest absolute Gasteiger partial charge is 0.500 e. The average Bonchev–Trinajstić information content (AvgIpc) is 2.26. The predicted molar refractivity (Wildman–Crippen MR) is 74.5 cm³/mol. The van der Waals surface area contributed by atoms with E-state index in [1.165, 1.54) is 23.4 Å². The standard InChI is InChI=1S/C6H11O2.2C4H9.Al/c7-5-6-1-3-8-4-2-6;2*1-4(2)3;/h6H,1-5H2;2*4H,1H2,2-3H3;/q-1;;;+1. The van der Waals surface area contributed by atoms with E-state index in [0.29, 0.717) is 0 Å². The van der Waals surface area contributed by atoms with E-state index in [1.807, 2.05) is 0 Å². The highest BCUT2D eigenvalue weighted by atomic mass is 27.2. The second-order valence-electron chi connectivity index (χ2n) is 6.27. The number of hydrogen-bond donors (Lipinski definition) is 0. The van der Waals surface area contributed by atoms with Gasteiger partial charge in [0.2, 0.25) is 0 Å². The fourth-order valence-electron chi connectivity index (χ4n) is 2.47. The van der Waals surface area contributed by atoms with E-state index in [0.717, 1.165) is 37.6 Å². The maximum atomic E-state index is 6.29. The van der Waals surface area contributed by atoms with Crippen LogP contribution in [0.4, 0.5) is 0 Å². The van der Waals surface area contributed by atoms with Crippen molar-refractivity contribution in [3.8, 4) is 0 Å². The molecule has 0 aromatic carbocycles. The molecule has 3 heteroatoms. The zero-order chi connectivity index (χ0) is 12.7. The van der Waals surface area contributed by atoms with Gasteiger partial charge in [-0.3, -0.25) is 0 Å². The summed E-state index contributed by atoms with van der Waals surface area (Å²) in [6.45, 7) is 12.1. The lowest BCUT2D eigenvalue weighted by molar-refractivity contribution is 0.0490. The molecule has 0 aromatic rings. The van der Waals surface area contributed by atoms with Gasteiger partial charge in [-0.2, -0.15) is 0 Å². The van der Waals surface area contributed by atoms with Crippen LogP contribution in [0.3, 0.4) is 0 Å². The molecule has 0 bridgehead atoms. The Bertz CT molecular complexity index is 179. The SMILES string of the molecule is CC(C)[CH2][Al]([CH2]C(C)C)[O]CC1CCOCC1. The van der Waals surface area contributed by atoms with E-state index in [2.05, 4.69) is 27.7 Å². The zero-order valence-electron chi connectivity index (χ0n) is 12.1. The maximum Gasteiger partial charge on any atom is 0.461 e. The number of hydrogen-bond acceptors (Lipinski definition) is 2. The average molecular weight is 256 g/mol. The van der Waals surface area contributed by atoms with Crippen LogP contribution in [0.15, 0.2) is 0 Å². The summed E-state index contributed by atoms with van der Waals surface area (Å²) in [6, 6.07) is 0. The second kappa shape index (κ2) is 8.54. The van der Waals surface area contributed by atoms with Crippen LogP contribution in [-0.4, -0.2) is 34.3 Å². The van der Waals surface area contributed by atoms with Crippen LogP contribution >= 0.6 is 0 Å². The van der Waals surface area contributed by atoms with Crippen molar-refractivity contribution < 1.29 is 8.53 Å². The lowest BCUT2D eigenvalue weighted by atomic mass is 10.0. The second-order valence-corrected chi connectivity index (χ2v) is 8.79. The first kappa shape index (κ1) is 15.5. The molecule has 0 unspecified atom stereocenters. The molecule has 1 heterocycles. The minimum Gasteiger partial charge on any atom is -0.500 e. The molecule has 1 aliphatic rings. The summed E-state index contributed by atoms with van der Waals surface area (Å²) < 4.78 is 11.7. The van der Waals surface area contributed by atoms with Gasteiger partial charge in [-0.05, 0) is 18.8 Å². The minimum absolute atomic E-state index is 0.762. The van der Waals surface area contributed by atoms with Crippen LogP contribution in [-0.2, 0) is 8.53 Å². The molecular weight excluding hydrogens is 227 g/mol. The molecule has 0 atom stereocenters. The topological polar surface area (TPSA) is 18.5 Å². The van der Waals surface area contributed by atoms with Crippen LogP contribution < -0.4 is 0 Å². The fraction of sp³-hybridized carbons (Fsp3) is 1.00. The fourth-order valence-corrected chi connectivity index (χ4v) is 5.58. The van der Waals surface area contributed by atoms with Gasteiger partial charge in [0.15, 0.2) is 0 Å². The van der Waals surface area contributed by atoms with E-state index in [4.69, 9.17) is 8.53 Å². The lowest BCUT2D eigenvalue weighted by Gasteiger charge is -2.25. The molecule has 0 aromatic heterocycles. The normalized spacial score (nSPS) is 18.0. The Balaban J connectivity index is 2.26. The van der Waals surface area contributed by atoms with Crippen molar-refractivity contribution in [3.05, 3.63) is 0 Å². The summed E-state index contributed by atoms with van der Waals surface area (Å²) >= 11 is -0.961. The third-order valence-electron chi connectivity index (χ3n) is 3.38. The van der Waals surface area contributed by atoms with Crippen molar-refractivity contribution in [1.82, 2.24) is 0 Å². The predicted octanol–water partition coefficient (Wildman–Crippen LogP) is 3.73. The molecule has 0 aliphatic carbocycles. The summed E-state index contributed by atoms with van der Waals surface area (Å²) in [7, 11) is 0. The zero-order valence-corrected chi connectivity index (χ0v) is 13.2. The molecule has 1 aliphatic heterocycles. The molecule has 0 N–H and O–H groups in total. The Morgan fingerprint density at radius 2 is 1.59 bits per heavy atom. The van der Waals surface area contributed by atoms with Crippen LogP contribution in [0, 0.1) is 17.8 Å². The molecule has 0 spiro atoms. The monoisotopic (exact) mass is 256 g/mol. The Morgan fingerprint density at radius 3 is 2.06 bits per heavy atom. The van der Waals surface area contributed by atoms with Gasteiger partial charge in [-0.25, -0.2) is 0 Å². The van der Waals surface area contributed by atoms with Gasteiger partial charge in [0, 0.05) is 19.8 Å². The van der Waals surface area contributed by atoms with Crippen molar-refractivity contribution in [2.24, 2.45) is 17.8 Å². The van der Waals surface area contributed by atoms with Gasteiger partial charge in [0.05, 0.1) is 0 Å². The molecule has 17 heavy (non-hydrogen) atoms. The highest BCUT2D eigenvalue weighted by molar-refractivity contribution is 6.51. The molecule has 1 saturated heterocycles.